The van der Waals surface area contributed by atoms with E-state index in [1.54, 1.807) is 11.3 Å². The quantitative estimate of drug-likeness (QED) is 0.385. The summed E-state index contributed by atoms with van der Waals surface area (Å²) in [7, 11) is 0. The Kier molecular flexibility index (Phi) is 5.68. The number of fused-ring (bicyclic) bond motifs is 2. The van der Waals surface area contributed by atoms with Gasteiger partial charge in [-0.15, -0.1) is 11.3 Å². The Morgan fingerprint density at radius 1 is 1.12 bits per heavy atom. The average Bonchev–Trinajstić information content (AvgIpc) is 2.65. The van der Waals surface area contributed by atoms with Crippen LogP contribution in [-0.4, -0.2) is 31.1 Å². The Morgan fingerprint density at radius 2 is 1.88 bits per heavy atom. The van der Waals surface area contributed by atoms with Crippen LogP contribution >= 0.6 is 11.3 Å². The zero-order valence-corrected chi connectivity index (χ0v) is 15.7. The third-order valence-corrected chi connectivity index (χ3v) is 5.91. The number of benzene rings is 2. The van der Waals surface area contributed by atoms with Crippen LogP contribution in [-0.2, 0) is 6.54 Å². The summed E-state index contributed by atoms with van der Waals surface area (Å²) in [5.74, 6) is 0. The largest absolute Gasteiger partial charge is 0.383 e. The summed E-state index contributed by atoms with van der Waals surface area (Å²) in [6.07, 6.45) is 0. The van der Waals surface area contributed by atoms with Gasteiger partial charge in [0, 0.05) is 40.1 Å². The van der Waals surface area contributed by atoms with Crippen molar-refractivity contribution in [1.82, 2.24) is 4.90 Å². The molecule has 0 atom stereocenters. The van der Waals surface area contributed by atoms with Crippen molar-refractivity contribution in [2.24, 2.45) is 5.73 Å². The molecule has 3 aromatic rings. The van der Waals surface area contributed by atoms with Crippen LogP contribution in [0.2, 0.25) is 0 Å². The van der Waals surface area contributed by atoms with Crippen molar-refractivity contribution in [3.05, 3.63) is 52.2 Å². The summed E-state index contributed by atoms with van der Waals surface area (Å²) in [5, 5.41) is 5.02. The Labute approximate surface area is 152 Å². The zero-order chi connectivity index (χ0) is 17.8. The molecule has 0 saturated carbocycles. The maximum absolute atomic E-state index is 13.1. The summed E-state index contributed by atoms with van der Waals surface area (Å²) >= 11 is 1.65. The predicted octanol–water partition coefficient (Wildman–Crippen LogP) is 3.63. The van der Waals surface area contributed by atoms with Crippen molar-refractivity contribution in [1.29, 1.82) is 0 Å². The third-order valence-electron chi connectivity index (χ3n) is 4.67. The molecular formula is C20H25N3OS. The SMILES string of the molecule is CCN(CC)CCNc1ccc([13CH2][15NH2])c2sc3ccccc3c(=O)c12. The van der Waals surface area contributed by atoms with Gasteiger partial charge in [0.25, 0.3) is 0 Å². The summed E-state index contributed by atoms with van der Waals surface area (Å²) in [6, 6.07) is 11.8. The standard InChI is InChI=1S/C20H25N3OS/c1-3-23(4-2)12-11-22-16-10-9-14(13-21)20-18(16)19(24)15-7-5-6-8-17(15)25-20/h5-10,22H,3-4,11-13,21H2,1-2H3/i13+1,21+1. The van der Waals surface area contributed by atoms with Crippen molar-refractivity contribution in [3.63, 3.8) is 0 Å². The molecule has 0 saturated heterocycles. The number of hydrogen-bond donors (Lipinski definition) is 2. The van der Waals surface area contributed by atoms with Crippen molar-refractivity contribution < 1.29 is 0 Å². The molecule has 0 unspecified atom stereocenters. The number of rotatable bonds is 7. The van der Waals surface area contributed by atoms with E-state index in [9.17, 15) is 4.79 Å². The third kappa shape index (κ3) is 3.54. The van der Waals surface area contributed by atoms with E-state index in [4.69, 9.17) is 5.73 Å². The average molecular weight is 357 g/mol. The van der Waals surface area contributed by atoms with E-state index in [1.807, 2.05) is 36.4 Å². The summed E-state index contributed by atoms with van der Waals surface area (Å²) in [5.41, 5.74) is 7.94. The first-order valence-electron chi connectivity index (χ1n) is 8.83. The van der Waals surface area contributed by atoms with Crippen LogP contribution in [0.25, 0.3) is 20.2 Å². The van der Waals surface area contributed by atoms with Crippen molar-refractivity contribution in [2.45, 2.75) is 20.4 Å². The molecule has 0 amide bonds. The fourth-order valence-corrected chi connectivity index (χ4v) is 4.38. The molecule has 0 aliphatic rings. The Hall–Kier alpha value is -1.95. The molecule has 0 fully saturated rings. The monoisotopic (exact) mass is 357 g/mol. The van der Waals surface area contributed by atoms with Crippen LogP contribution in [0.4, 0.5) is 5.69 Å². The second-order valence-electron chi connectivity index (χ2n) is 6.06. The molecule has 4 nitrogen and oxygen atoms in total. The molecule has 2 aromatic carbocycles. The highest BCUT2D eigenvalue weighted by molar-refractivity contribution is 7.24. The highest BCUT2D eigenvalue weighted by atomic mass is 32.1. The van der Waals surface area contributed by atoms with Crippen molar-refractivity contribution in [3.8, 4) is 0 Å². The number of anilines is 1. The fourth-order valence-electron chi connectivity index (χ4n) is 3.15. The molecular weight excluding hydrogens is 332 g/mol. The minimum absolute atomic E-state index is 0.0880. The predicted molar refractivity (Wildman–Crippen MR) is 110 cm³/mol. The van der Waals surface area contributed by atoms with E-state index < -0.39 is 0 Å². The lowest BCUT2D eigenvalue weighted by Crippen LogP contribution is -2.28. The lowest BCUT2D eigenvalue weighted by atomic mass is 10.1. The summed E-state index contributed by atoms with van der Waals surface area (Å²) < 4.78 is 2.01. The van der Waals surface area contributed by atoms with E-state index in [-0.39, 0.29) is 5.43 Å². The molecule has 1 heterocycles. The molecule has 132 valence electrons. The van der Waals surface area contributed by atoms with Crippen molar-refractivity contribution in [2.75, 3.05) is 31.5 Å². The smallest absolute Gasteiger partial charge is 0.197 e. The normalized spacial score (nSPS) is 11.5. The van der Waals surface area contributed by atoms with Crippen LogP contribution in [0, 0.1) is 0 Å². The van der Waals surface area contributed by atoms with Gasteiger partial charge >= 0.3 is 0 Å². The molecule has 1 aromatic heterocycles. The molecule has 0 spiro atoms. The molecule has 0 aliphatic heterocycles. The number of hydrogen-bond acceptors (Lipinski definition) is 5. The highest BCUT2D eigenvalue weighted by Gasteiger charge is 2.13. The zero-order valence-electron chi connectivity index (χ0n) is 14.8. The lowest BCUT2D eigenvalue weighted by Gasteiger charge is -2.19. The molecule has 3 rings (SSSR count). The van der Waals surface area contributed by atoms with Crippen LogP contribution < -0.4 is 16.5 Å². The van der Waals surface area contributed by atoms with E-state index >= 15 is 0 Å². The van der Waals surface area contributed by atoms with Gasteiger partial charge in [-0.2, -0.15) is 0 Å². The van der Waals surface area contributed by atoms with Gasteiger partial charge in [0.15, 0.2) is 5.43 Å². The second-order valence-corrected chi connectivity index (χ2v) is 7.11. The van der Waals surface area contributed by atoms with Gasteiger partial charge in [0.1, 0.15) is 0 Å². The summed E-state index contributed by atoms with van der Waals surface area (Å²) in [6.45, 7) is 8.60. The van der Waals surface area contributed by atoms with E-state index in [0.717, 1.165) is 57.6 Å². The Morgan fingerprint density at radius 3 is 2.60 bits per heavy atom. The van der Waals surface area contributed by atoms with Crippen LogP contribution in [0.1, 0.15) is 19.4 Å². The van der Waals surface area contributed by atoms with E-state index in [2.05, 4.69) is 24.1 Å². The maximum Gasteiger partial charge on any atom is 0.197 e. The highest BCUT2D eigenvalue weighted by Crippen LogP contribution is 2.31. The Balaban J connectivity index is 2.07. The van der Waals surface area contributed by atoms with Crippen LogP contribution in [0.5, 0.6) is 0 Å². The molecule has 5 heteroatoms. The second kappa shape index (κ2) is 7.95. The van der Waals surface area contributed by atoms with Gasteiger partial charge < -0.3 is 16.0 Å². The van der Waals surface area contributed by atoms with Gasteiger partial charge in [-0.25, -0.2) is 0 Å². The van der Waals surface area contributed by atoms with Gasteiger partial charge in [-0.3, -0.25) is 4.79 Å². The number of nitrogens with zero attached hydrogens (tertiary/aromatic N) is 1. The first-order valence-corrected chi connectivity index (χ1v) is 9.65. The first kappa shape index (κ1) is 17.9. The number of nitrogens with two attached hydrogens (primary N) is 1. The molecule has 25 heavy (non-hydrogen) atoms. The Bertz CT molecular complexity index is 931. The molecule has 0 aliphatic carbocycles. The van der Waals surface area contributed by atoms with E-state index in [0.29, 0.717) is 6.54 Å². The first-order chi connectivity index (χ1) is 12.2. The number of likely N-dealkylation sites (N-methyl/N-ethyl adjacent to an activating group) is 1. The number of nitrogens with one attached hydrogen (secondary N) is 1. The van der Waals surface area contributed by atoms with Crippen LogP contribution in [0.15, 0.2) is 41.2 Å². The van der Waals surface area contributed by atoms with Crippen LogP contribution in [0.3, 0.4) is 0 Å². The van der Waals surface area contributed by atoms with E-state index in [1.165, 1.54) is 0 Å². The molecule has 0 radical (unpaired) electrons. The van der Waals surface area contributed by atoms with Gasteiger partial charge in [-0.05, 0) is 36.9 Å². The van der Waals surface area contributed by atoms with Gasteiger partial charge in [0.05, 0.1) is 5.39 Å². The van der Waals surface area contributed by atoms with Gasteiger partial charge in [-0.1, -0.05) is 32.0 Å². The minimum atomic E-state index is 0.0880. The molecule has 0 bridgehead atoms. The lowest BCUT2D eigenvalue weighted by molar-refractivity contribution is 0.316. The fraction of sp³-hybridized carbons (Fsp3) is 0.350. The van der Waals surface area contributed by atoms with Gasteiger partial charge in [0.2, 0.25) is 0 Å². The topological polar surface area (TPSA) is 58.4 Å². The maximum atomic E-state index is 13.1. The molecule has 3 N–H and O–H groups in total. The minimum Gasteiger partial charge on any atom is -0.383 e. The van der Waals surface area contributed by atoms with Crippen molar-refractivity contribution >= 4 is 37.2 Å². The summed E-state index contributed by atoms with van der Waals surface area (Å²) in [4.78, 5) is 15.5.